The maximum atomic E-state index is 13.4. The van der Waals surface area contributed by atoms with Crippen molar-refractivity contribution in [3.63, 3.8) is 0 Å². The van der Waals surface area contributed by atoms with Gasteiger partial charge in [-0.25, -0.2) is 0 Å². The number of hydrogen-bond acceptors (Lipinski definition) is 2. The van der Waals surface area contributed by atoms with Gasteiger partial charge >= 0.3 is 17.8 Å². The van der Waals surface area contributed by atoms with E-state index in [9.17, 15) is 26.3 Å². The summed E-state index contributed by atoms with van der Waals surface area (Å²) in [5.41, 5.74) is 0. The maximum absolute atomic E-state index is 13.4. The fraction of sp³-hybridized carbons (Fsp3) is 0.692. The molecule has 0 unspecified atom stereocenters. The van der Waals surface area contributed by atoms with Crippen molar-refractivity contribution in [2.75, 3.05) is 13.2 Å². The first kappa shape index (κ1) is 19.7. The van der Waals surface area contributed by atoms with Crippen LogP contribution < -0.4 is 0 Å². The van der Waals surface area contributed by atoms with E-state index in [0.717, 1.165) is 12.5 Å². The van der Waals surface area contributed by atoms with Crippen LogP contribution in [0.1, 0.15) is 26.7 Å². The second kappa shape index (κ2) is 8.19. The fourth-order valence-electron chi connectivity index (χ4n) is 1.28. The van der Waals surface area contributed by atoms with Crippen LogP contribution in [0.5, 0.6) is 0 Å². The van der Waals surface area contributed by atoms with E-state index in [0.29, 0.717) is 0 Å². The lowest BCUT2D eigenvalue weighted by molar-refractivity contribution is -0.314. The van der Waals surface area contributed by atoms with Crippen LogP contribution in [-0.4, -0.2) is 31.0 Å². The lowest BCUT2D eigenvalue weighted by Crippen LogP contribution is -2.54. The minimum Gasteiger partial charge on any atom is -0.501 e. The van der Waals surface area contributed by atoms with Gasteiger partial charge in [-0.2, -0.15) is 26.3 Å². The molecule has 0 rings (SSSR count). The molecule has 0 bridgehead atoms. The number of alkyl halides is 6. The third-order valence-corrected chi connectivity index (χ3v) is 2.45. The van der Waals surface area contributed by atoms with Crippen molar-refractivity contribution in [1.29, 1.82) is 0 Å². The van der Waals surface area contributed by atoms with Crippen molar-refractivity contribution in [3.8, 4) is 0 Å². The standard InChI is InChI=1S/C13H18F6O2/c1-3-7-20-9-5-11(14,15)13(18,19)12(16,17)6-10-21-8-4-2/h3-4,7-8H,5-6,9-10H2,1-2H3. The summed E-state index contributed by atoms with van der Waals surface area (Å²) in [6.07, 6.45) is 1.69. The van der Waals surface area contributed by atoms with E-state index in [4.69, 9.17) is 0 Å². The zero-order valence-electron chi connectivity index (χ0n) is 11.7. The molecule has 0 N–H and O–H groups in total. The molecule has 8 heteroatoms. The van der Waals surface area contributed by atoms with Gasteiger partial charge in [-0.05, 0) is 13.8 Å². The van der Waals surface area contributed by atoms with E-state index in [1.165, 1.54) is 26.0 Å². The van der Waals surface area contributed by atoms with Crippen LogP contribution in [0.15, 0.2) is 24.7 Å². The van der Waals surface area contributed by atoms with Gasteiger partial charge in [0, 0.05) is 0 Å². The highest BCUT2D eigenvalue weighted by atomic mass is 19.3. The van der Waals surface area contributed by atoms with Crippen LogP contribution in [0, 0.1) is 0 Å². The van der Waals surface area contributed by atoms with E-state index in [1.807, 2.05) is 0 Å². The molecule has 0 atom stereocenters. The van der Waals surface area contributed by atoms with Crippen molar-refractivity contribution in [1.82, 2.24) is 0 Å². The van der Waals surface area contributed by atoms with Gasteiger partial charge < -0.3 is 9.47 Å². The molecule has 0 radical (unpaired) electrons. The first-order valence-electron chi connectivity index (χ1n) is 6.21. The van der Waals surface area contributed by atoms with Crippen LogP contribution >= 0.6 is 0 Å². The largest absolute Gasteiger partial charge is 0.501 e. The van der Waals surface area contributed by atoms with Gasteiger partial charge in [-0.1, -0.05) is 12.2 Å². The SMILES string of the molecule is CC=COCCC(F)(F)C(F)(F)C(F)(F)CCOC=CC. The summed E-state index contributed by atoms with van der Waals surface area (Å²) in [5, 5.41) is 0. The summed E-state index contributed by atoms with van der Waals surface area (Å²) >= 11 is 0. The van der Waals surface area contributed by atoms with Gasteiger partial charge in [-0.3, -0.25) is 0 Å². The molecule has 0 amide bonds. The highest BCUT2D eigenvalue weighted by molar-refractivity contribution is 4.96. The number of ether oxygens (including phenoxy) is 2. The van der Waals surface area contributed by atoms with E-state index in [-0.39, 0.29) is 0 Å². The van der Waals surface area contributed by atoms with Crippen LogP contribution in [0.3, 0.4) is 0 Å². The third-order valence-electron chi connectivity index (χ3n) is 2.45. The molecule has 0 saturated carbocycles. The predicted molar refractivity (Wildman–Crippen MR) is 65.6 cm³/mol. The molecule has 124 valence electrons. The molecular formula is C13H18F6O2. The van der Waals surface area contributed by atoms with Gasteiger partial charge in [0.2, 0.25) is 0 Å². The van der Waals surface area contributed by atoms with Gasteiger partial charge in [0.15, 0.2) is 0 Å². The number of allylic oxidation sites excluding steroid dienone is 2. The van der Waals surface area contributed by atoms with Crippen LogP contribution in [-0.2, 0) is 9.47 Å². The molecule has 2 nitrogen and oxygen atoms in total. The highest BCUT2D eigenvalue weighted by Crippen LogP contribution is 2.48. The van der Waals surface area contributed by atoms with Gasteiger partial charge in [0.05, 0.1) is 38.6 Å². The molecule has 0 spiro atoms. The van der Waals surface area contributed by atoms with Crippen molar-refractivity contribution in [2.45, 2.75) is 44.5 Å². The third kappa shape index (κ3) is 5.51. The monoisotopic (exact) mass is 320 g/mol. The zero-order valence-corrected chi connectivity index (χ0v) is 11.7. The van der Waals surface area contributed by atoms with Crippen LogP contribution in [0.2, 0.25) is 0 Å². The predicted octanol–water partition coefficient (Wildman–Crippen LogP) is 4.77. The van der Waals surface area contributed by atoms with E-state index in [1.54, 1.807) is 0 Å². The molecule has 0 aliphatic heterocycles. The minimum atomic E-state index is -5.49. The number of hydrogen-bond donors (Lipinski definition) is 0. The maximum Gasteiger partial charge on any atom is 0.372 e. The topological polar surface area (TPSA) is 18.5 Å². The fourth-order valence-corrected chi connectivity index (χ4v) is 1.28. The summed E-state index contributed by atoms with van der Waals surface area (Å²) < 4.78 is 88.9. The second-order valence-corrected chi connectivity index (χ2v) is 4.16. The average Bonchev–Trinajstić information content (AvgIpc) is 2.39. The van der Waals surface area contributed by atoms with Crippen molar-refractivity contribution < 1.29 is 35.8 Å². The highest BCUT2D eigenvalue weighted by Gasteiger charge is 2.70. The Labute approximate surface area is 119 Å². The molecule has 0 aliphatic rings. The Morgan fingerprint density at radius 1 is 0.714 bits per heavy atom. The Kier molecular flexibility index (Phi) is 7.67. The first-order valence-corrected chi connectivity index (χ1v) is 6.21. The average molecular weight is 320 g/mol. The van der Waals surface area contributed by atoms with Gasteiger partial charge in [-0.15, -0.1) is 0 Å². The Bertz CT molecular complexity index is 321. The van der Waals surface area contributed by atoms with Crippen LogP contribution in [0.25, 0.3) is 0 Å². The Balaban J connectivity index is 4.71. The second-order valence-electron chi connectivity index (χ2n) is 4.16. The van der Waals surface area contributed by atoms with Gasteiger partial charge in [0.1, 0.15) is 0 Å². The Morgan fingerprint density at radius 3 is 1.33 bits per heavy atom. The molecular weight excluding hydrogens is 302 g/mol. The van der Waals surface area contributed by atoms with Crippen molar-refractivity contribution in [2.24, 2.45) is 0 Å². The summed E-state index contributed by atoms with van der Waals surface area (Å²) in [4.78, 5) is 0. The molecule has 0 aromatic carbocycles. The summed E-state index contributed by atoms with van der Waals surface area (Å²) in [5.74, 6) is -15.3. The molecule has 0 aromatic heterocycles. The molecule has 21 heavy (non-hydrogen) atoms. The molecule has 0 saturated heterocycles. The smallest absolute Gasteiger partial charge is 0.372 e. The van der Waals surface area contributed by atoms with E-state index in [2.05, 4.69) is 9.47 Å². The first-order chi connectivity index (χ1) is 9.62. The lowest BCUT2D eigenvalue weighted by Gasteiger charge is -2.32. The lowest BCUT2D eigenvalue weighted by atomic mass is 10.00. The Morgan fingerprint density at radius 2 is 1.05 bits per heavy atom. The molecule has 0 heterocycles. The van der Waals surface area contributed by atoms with E-state index >= 15 is 0 Å². The van der Waals surface area contributed by atoms with Crippen molar-refractivity contribution in [3.05, 3.63) is 24.7 Å². The minimum absolute atomic E-state index is 0.794. The van der Waals surface area contributed by atoms with Crippen molar-refractivity contribution >= 4 is 0 Å². The zero-order chi connectivity index (χ0) is 16.6. The molecule has 0 aromatic rings. The Hall–Kier alpha value is -1.34. The quantitative estimate of drug-likeness (QED) is 0.328. The normalized spacial score (nSPS) is 14.1. The molecule has 0 fully saturated rings. The summed E-state index contributed by atoms with van der Waals surface area (Å²) in [7, 11) is 0. The number of halogens is 6. The molecule has 0 aliphatic carbocycles. The summed E-state index contributed by atoms with van der Waals surface area (Å²) in [6, 6.07) is 0. The van der Waals surface area contributed by atoms with E-state index < -0.39 is 43.8 Å². The van der Waals surface area contributed by atoms with Gasteiger partial charge in [0.25, 0.3) is 0 Å². The van der Waals surface area contributed by atoms with Crippen LogP contribution in [0.4, 0.5) is 26.3 Å². The summed E-state index contributed by atoms with van der Waals surface area (Å²) in [6.45, 7) is 1.45. The number of rotatable bonds is 10.